The lowest BCUT2D eigenvalue weighted by atomic mass is 10.0. The normalized spacial score (nSPS) is 11.8. The zero-order valence-electron chi connectivity index (χ0n) is 17.7. The summed E-state index contributed by atoms with van der Waals surface area (Å²) >= 11 is 0. The molecule has 0 heterocycles. The van der Waals surface area contributed by atoms with Crippen LogP contribution in [0.5, 0.6) is 0 Å². The molecule has 0 fully saturated rings. The van der Waals surface area contributed by atoms with Crippen LogP contribution in [0.3, 0.4) is 0 Å². The van der Waals surface area contributed by atoms with Gasteiger partial charge < -0.3 is 10.2 Å². The molecule has 0 aromatic heterocycles. The summed E-state index contributed by atoms with van der Waals surface area (Å²) in [6.45, 7) is 10.9. The Morgan fingerprint density at radius 3 is 2.29 bits per heavy atom. The van der Waals surface area contributed by atoms with Crippen molar-refractivity contribution < 1.29 is 9.59 Å². The summed E-state index contributed by atoms with van der Waals surface area (Å²) in [6, 6.07) is 13.7. The predicted molar refractivity (Wildman–Crippen MR) is 114 cm³/mol. The van der Waals surface area contributed by atoms with Gasteiger partial charge in [0.2, 0.25) is 11.8 Å². The van der Waals surface area contributed by atoms with E-state index in [4.69, 9.17) is 0 Å². The molecule has 2 rings (SSSR count). The van der Waals surface area contributed by atoms with Gasteiger partial charge in [0.25, 0.3) is 0 Å². The van der Waals surface area contributed by atoms with E-state index in [1.165, 1.54) is 5.56 Å². The number of nitrogens with zero attached hydrogens (tertiary/aromatic N) is 1. The van der Waals surface area contributed by atoms with Crippen molar-refractivity contribution in [2.45, 2.75) is 60.0 Å². The van der Waals surface area contributed by atoms with Crippen LogP contribution in [0, 0.1) is 20.8 Å². The van der Waals surface area contributed by atoms with Crippen molar-refractivity contribution in [3.63, 3.8) is 0 Å². The first-order valence-corrected chi connectivity index (χ1v) is 10.0. The minimum atomic E-state index is -0.523. The summed E-state index contributed by atoms with van der Waals surface area (Å²) in [5.74, 6) is -0.142. The Hall–Kier alpha value is -2.62. The van der Waals surface area contributed by atoms with E-state index in [1.54, 1.807) is 11.8 Å². The molecule has 0 aliphatic heterocycles. The van der Waals surface area contributed by atoms with Gasteiger partial charge in [0.05, 0.1) is 6.42 Å². The summed E-state index contributed by atoms with van der Waals surface area (Å²) in [7, 11) is 0. The fourth-order valence-corrected chi connectivity index (χ4v) is 3.12. The van der Waals surface area contributed by atoms with Crippen LogP contribution in [0.25, 0.3) is 0 Å². The molecule has 1 atom stereocenters. The Labute approximate surface area is 169 Å². The number of aryl methyl sites for hydroxylation is 3. The molecule has 0 aliphatic rings. The van der Waals surface area contributed by atoms with E-state index in [0.29, 0.717) is 19.5 Å². The van der Waals surface area contributed by atoms with Crippen LogP contribution in [-0.2, 0) is 22.6 Å². The molecule has 4 heteroatoms. The van der Waals surface area contributed by atoms with Gasteiger partial charge in [0.15, 0.2) is 0 Å². The molecular formula is C24H32N2O2. The van der Waals surface area contributed by atoms with Gasteiger partial charge in [-0.3, -0.25) is 9.59 Å². The van der Waals surface area contributed by atoms with Gasteiger partial charge in [-0.2, -0.15) is 0 Å². The average Bonchev–Trinajstić information content (AvgIpc) is 2.67. The molecule has 2 aromatic rings. The molecule has 28 heavy (non-hydrogen) atoms. The second-order valence-corrected chi connectivity index (χ2v) is 7.58. The maximum absolute atomic E-state index is 13.2. The topological polar surface area (TPSA) is 49.4 Å². The number of nitrogens with one attached hydrogen (secondary N) is 1. The highest BCUT2D eigenvalue weighted by Crippen LogP contribution is 2.16. The third-order valence-corrected chi connectivity index (χ3v) is 5.04. The third-order valence-electron chi connectivity index (χ3n) is 5.04. The van der Waals surface area contributed by atoms with Crippen LogP contribution in [-0.4, -0.2) is 29.3 Å². The lowest BCUT2D eigenvalue weighted by Crippen LogP contribution is -2.48. The molecule has 0 unspecified atom stereocenters. The number of hydrogen-bond donors (Lipinski definition) is 1. The van der Waals surface area contributed by atoms with Crippen molar-refractivity contribution in [3.8, 4) is 0 Å². The monoisotopic (exact) mass is 380 g/mol. The zero-order valence-corrected chi connectivity index (χ0v) is 17.7. The first kappa shape index (κ1) is 21.7. The number of carbonyl (C=O) groups is 2. The summed E-state index contributed by atoms with van der Waals surface area (Å²) in [4.78, 5) is 27.5. The number of amides is 2. The Kier molecular flexibility index (Phi) is 7.80. The maximum Gasteiger partial charge on any atom is 0.242 e. The van der Waals surface area contributed by atoms with Crippen molar-refractivity contribution >= 4 is 11.8 Å². The van der Waals surface area contributed by atoms with Gasteiger partial charge in [0, 0.05) is 13.1 Å². The summed E-state index contributed by atoms with van der Waals surface area (Å²) < 4.78 is 0. The second-order valence-electron chi connectivity index (χ2n) is 7.58. The van der Waals surface area contributed by atoms with Crippen LogP contribution >= 0.6 is 0 Å². The predicted octanol–water partition coefficient (Wildman–Crippen LogP) is 4.10. The molecule has 4 nitrogen and oxygen atoms in total. The summed E-state index contributed by atoms with van der Waals surface area (Å²) in [6.07, 6.45) is 1.16. The lowest BCUT2D eigenvalue weighted by Gasteiger charge is -2.29. The molecule has 0 saturated carbocycles. The van der Waals surface area contributed by atoms with E-state index < -0.39 is 6.04 Å². The van der Waals surface area contributed by atoms with Gasteiger partial charge in [0.1, 0.15) is 6.04 Å². The van der Waals surface area contributed by atoms with E-state index in [0.717, 1.165) is 28.7 Å². The second kappa shape index (κ2) is 10.1. The third kappa shape index (κ3) is 5.95. The van der Waals surface area contributed by atoms with Crippen molar-refractivity contribution in [2.75, 3.05) is 6.54 Å². The van der Waals surface area contributed by atoms with E-state index in [1.807, 2.05) is 64.1 Å². The van der Waals surface area contributed by atoms with Crippen LogP contribution in [0.2, 0.25) is 0 Å². The summed E-state index contributed by atoms with van der Waals surface area (Å²) in [5.41, 5.74) is 5.44. The summed E-state index contributed by atoms with van der Waals surface area (Å²) in [5, 5.41) is 2.91. The van der Waals surface area contributed by atoms with E-state index in [-0.39, 0.29) is 11.8 Å². The average molecular weight is 381 g/mol. The minimum absolute atomic E-state index is 0.0339. The number of rotatable bonds is 8. The van der Waals surface area contributed by atoms with Crippen molar-refractivity contribution in [3.05, 3.63) is 70.3 Å². The molecule has 0 aliphatic carbocycles. The fourth-order valence-electron chi connectivity index (χ4n) is 3.12. The first-order chi connectivity index (χ1) is 13.3. The Morgan fingerprint density at radius 1 is 1.00 bits per heavy atom. The SMILES string of the molecule is CCCNC(=O)[C@H](C)N(Cc1ccc(C)cc1)C(=O)Cc1cc(C)ccc1C. The quantitative estimate of drug-likeness (QED) is 0.750. The molecule has 0 radical (unpaired) electrons. The first-order valence-electron chi connectivity index (χ1n) is 10.0. The largest absolute Gasteiger partial charge is 0.354 e. The van der Waals surface area contributed by atoms with Crippen LogP contribution < -0.4 is 5.32 Å². The highest BCUT2D eigenvalue weighted by Gasteiger charge is 2.26. The smallest absolute Gasteiger partial charge is 0.242 e. The van der Waals surface area contributed by atoms with Gasteiger partial charge >= 0.3 is 0 Å². The molecule has 0 bridgehead atoms. The van der Waals surface area contributed by atoms with Gasteiger partial charge in [-0.15, -0.1) is 0 Å². The van der Waals surface area contributed by atoms with Gasteiger partial charge in [-0.25, -0.2) is 0 Å². The van der Waals surface area contributed by atoms with Crippen molar-refractivity contribution in [1.82, 2.24) is 10.2 Å². The van der Waals surface area contributed by atoms with Crippen molar-refractivity contribution in [1.29, 1.82) is 0 Å². The van der Waals surface area contributed by atoms with Crippen LogP contribution in [0.1, 0.15) is 48.1 Å². The van der Waals surface area contributed by atoms with Crippen LogP contribution in [0.4, 0.5) is 0 Å². The van der Waals surface area contributed by atoms with E-state index in [9.17, 15) is 9.59 Å². The fraction of sp³-hybridized carbons (Fsp3) is 0.417. The Balaban J connectivity index is 2.24. The lowest BCUT2D eigenvalue weighted by molar-refractivity contribution is -0.140. The molecule has 2 aromatic carbocycles. The Bertz CT molecular complexity index is 812. The molecule has 2 amide bonds. The standard InChI is InChI=1S/C24H32N2O2/c1-6-13-25-24(28)20(5)26(16-21-11-8-17(2)9-12-21)23(27)15-22-14-18(3)7-10-19(22)4/h7-12,14,20H,6,13,15-16H2,1-5H3,(H,25,28)/t20-/m0/s1. The highest BCUT2D eigenvalue weighted by atomic mass is 16.2. The van der Waals surface area contributed by atoms with Gasteiger partial charge in [-0.1, -0.05) is 60.5 Å². The maximum atomic E-state index is 13.2. The molecule has 150 valence electrons. The minimum Gasteiger partial charge on any atom is -0.354 e. The van der Waals surface area contributed by atoms with Crippen LogP contribution in [0.15, 0.2) is 42.5 Å². The van der Waals surface area contributed by atoms with Crippen molar-refractivity contribution in [2.24, 2.45) is 0 Å². The Morgan fingerprint density at radius 2 is 1.64 bits per heavy atom. The molecule has 1 N–H and O–H groups in total. The number of benzene rings is 2. The number of hydrogen-bond acceptors (Lipinski definition) is 2. The molecule has 0 spiro atoms. The van der Waals surface area contributed by atoms with Gasteiger partial charge in [-0.05, 0) is 50.8 Å². The van der Waals surface area contributed by atoms with E-state index >= 15 is 0 Å². The van der Waals surface area contributed by atoms with E-state index in [2.05, 4.69) is 11.4 Å². The zero-order chi connectivity index (χ0) is 20.7. The highest BCUT2D eigenvalue weighted by molar-refractivity contribution is 5.88. The molecule has 0 saturated heterocycles. The molecular weight excluding hydrogens is 348 g/mol. The number of carbonyl (C=O) groups excluding carboxylic acids is 2.